The second-order valence-electron chi connectivity index (χ2n) is 4.03. The maximum atomic E-state index is 11.4. The molecule has 0 aromatic heterocycles. The van der Waals surface area contributed by atoms with Crippen LogP contribution < -0.4 is 16.6 Å². The predicted octanol–water partition coefficient (Wildman–Crippen LogP) is -0.946. The van der Waals surface area contributed by atoms with Gasteiger partial charge in [-0.15, -0.1) is 0 Å². The van der Waals surface area contributed by atoms with E-state index in [9.17, 15) is 4.79 Å². The van der Waals surface area contributed by atoms with Gasteiger partial charge >= 0.3 is 0 Å². The maximum Gasteiger partial charge on any atom is 0.239 e. The van der Waals surface area contributed by atoms with Crippen LogP contribution in [0.15, 0.2) is 4.99 Å². The number of nitrogens with one attached hydrogen (secondary N) is 2. The molecule has 1 saturated heterocycles. The Labute approximate surface area is 108 Å². The molecular weight excluding hydrogens is 234 g/mol. The quantitative estimate of drug-likeness (QED) is 0.194. The smallest absolute Gasteiger partial charge is 0.239 e. The first-order valence-corrected chi connectivity index (χ1v) is 6.38. The van der Waals surface area contributed by atoms with E-state index in [1.54, 1.807) is 0 Å². The number of guanidine groups is 1. The summed E-state index contributed by atoms with van der Waals surface area (Å²) in [6.07, 6.45) is 1.74. The van der Waals surface area contributed by atoms with Crippen LogP contribution in [0.2, 0.25) is 0 Å². The van der Waals surface area contributed by atoms with Crippen molar-refractivity contribution in [2.75, 3.05) is 39.4 Å². The molecule has 0 saturated carbocycles. The molecule has 0 radical (unpaired) electrons. The fourth-order valence-corrected chi connectivity index (χ4v) is 1.72. The lowest BCUT2D eigenvalue weighted by Crippen LogP contribution is -2.47. The van der Waals surface area contributed by atoms with Crippen molar-refractivity contribution in [3.05, 3.63) is 0 Å². The van der Waals surface area contributed by atoms with Crippen LogP contribution in [-0.4, -0.2) is 56.2 Å². The van der Waals surface area contributed by atoms with Crippen LogP contribution in [0.5, 0.6) is 0 Å². The van der Waals surface area contributed by atoms with Gasteiger partial charge in [-0.2, -0.15) is 0 Å². The summed E-state index contributed by atoms with van der Waals surface area (Å²) < 4.78 is 5.23. The van der Waals surface area contributed by atoms with Gasteiger partial charge in [-0.3, -0.25) is 15.2 Å². The molecule has 0 unspecified atom stereocenters. The summed E-state index contributed by atoms with van der Waals surface area (Å²) >= 11 is 0. The van der Waals surface area contributed by atoms with Gasteiger partial charge in [-0.25, -0.2) is 5.84 Å². The van der Waals surface area contributed by atoms with E-state index in [2.05, 4.69) is 15.7 Å². The van der Waals surface area contributed by atoms with E-state index in [1.165, 1.54) is 0 Å². The maximum absolute atomic E-state index is 11.4. The Morgan fingerprint density at radius 1 is 1.67 bits per heavy atom. The topological polar surface area (TPSA) is 92.0 Å². The molecule has 1 heterocycles. The predicted molar refractivity (Wildman–Crippen MR) is 69.9 cm³/mol. The molecule has 1 aliphatic heterocycles. The van der Waals surface area contributed by atoms with Crippen LogP contribution in [0, 0.1) is 0 Å². The standard InChI is InChI=1S/C11H23N5O2/c1-2-18-8-4-6-14-11(15-12)16-7-3-5-13-10(17)9-16/h2-9,12H2,1H3,(H,13,17)(H,14,15). The molecule has 1 aliphatic rings. The Kier molecular flexibility index (Phi) is 7.12. The van der Waals surface area contributed by atoms with Gasteiger partial charge < -0.3 is 15.0 Å². The molecule has 1 fully saturated rings. The Balaban J connectivity index is 2.42. The van der Waals surface area contributed by atoms with Crippen molar-refractivity contribution < 1.29 is 9.53 Å². The zero-order chi connectivity index (χ0) is 13.2. The number of nitrogens with two attached hydrogens (primary N) is 1. The highest BCUT2D eigenvalue weighted by molar-refractivity contribution is 5.86. The first-order chi connectivity index (χ1) is 8.77. The van der Waals surface area contributed by atoms with E-state index >= 15 is 0 Å². The van der Waals surface area contributed by atoms with Crippen molar-refractivity contribution in [1.82, 2.24) is 15.6 Å². The first-order valence-electron chi connectivity index (χ1n) is 6.38. The summed E-state index contributed by atoms with van der Waals surface area (Å²) in [5.41, 5.74) is 2.57. The summed E-state index contributed by atoms with van der Waals surface area (Å²) in [6.45, 7) is 5.79. The van der Waals surface area contributed by atoms with Crippen molar-refractivity contribution in [2.45, 2.75) is 19.8 Å². The second-order valence-corrected chi connectivity index (χ2v) is 4.03. The number of hydrogen-bond donors (Lipinski definition) is 3. The van der Waals surface area contributed by atoms with Crippen LogP contribution in [0.25, 0.3) is 0 Å². The van der Waals surface area contributed by atoms with Gasteiger partial charge in [0.25, 0.3) is 0 Å². The molecule has 1 amide bonds. The Morgan fingerprint density at radius 3 is 3.22 bits per heavy atom. The number of aliphatic imine (C=N–C) groups is 1. The number of carbonyl (C=O) groups excluding carboxylic acids is 1. The number of hydrogen-bond acceptors (Lipinski definition) is 4. The molecule has 7 heteroatoms. The highest BCUT2D eigenvalue weighted by atomic mass is 16.5. The van der Waals surface area contributed by atoms with Gasteiger partial charge in [0.15, 0.2) is 0 Å². The lowest BCUT2D eigenvalue weighted by molar-refractivity contribution is -0.120. The van der Waals surface area contributed by atoms with Crippen LogP contribution >= 0.6 is 0 Å². The molecular formula is C11H23N5O2. The van der Waals surface area contributed by atoms with Gasteiger partial charge in [0.05, 0.1) is 6.54 Å². The Morgan fingerprint density at radius 2 is 2.50 bits per heavy atom. The summed E-state index contributed by atoms with van der Waals surface area (Å²) in [6, 6.07) is 0. The number of ether oxygens (including phenoxy) is 1. The number of amides is 1. The average molecular weight is 257 g/mol. The first kappa shape index (κ1) is 14.7. The van der Waals surface area contributed by atoms with Crippen LogP contribution in [0.1, 0.15) is 19.8 Å². The molecule has 0 atom stereocenters. The third kappa shape index (κ3) is 5.33. The van der Waals surface area contributed by atoms with E-state index in [0.717, 1.165) is 26.0 Å². The molecule has 0 spiro atoms. The third-order valence-corrected chi connectivity index (χ3v) is 2.60. The van der Waals surface area contributed by atoms with E-state index in [4.69, 9.17) is 10.6 Å². The summed E-state index contributed by atoms with van der Waals surface area (Å²) in [5.74, 6) is 6.03. The van der Waals surface area contributed by atoms with E-state index in [0.29, 0.717) is 32.2 Å². The van der Waals surface area contributed by atoms with Crippen LogP contribution in [0.4, 0.5) is 0 Å². The zero-order valence-corrected chi connectivity index (χ0v) is 10.9. The second kappa shape index (κ2) is 8.71. The van der Waals surface area contributed by atoms with Crippen LogP contribution in [-0.2, 0) is 9.53 Å². The van der Waals surface area contributed by atoms with Crippen molar-refractivity contribution in [1.29, 1.82) is 0 Å². The van der Waals surface area contributed by atoms with Crippen molar-refractivity contribution >= 4 is 11.9 Å². The molecule has 104 valence electrons. The Hall–Kier alpha value is -1.34. The Bertz CT molecular complexity index is 283. The molecule has 0 bridgehead atoms. The average Bonchev–Trinajstić information content (AvgIpc) is 2.58. The lowest BCUT2D eigenvalue weighted by atomic mass is 10.4. The summed E-state index contributed by atoms with van der Waals surface area (Å²) in [5, 5.41) is 2.81. The van der Waals surface area contributed by atoms with E-state index < -0.39 is 0 Å². The monoisotopic (exact) mass is 257 g/mol. The number of carbonyl (C=O) groups is 1. The molecule has 0 aromatic carbocycles. The lowest BCUT2D eigenvalue weighted by Gasteiger charge is -2.22. The highest BCUT2D eigenvalue weighted by Gasteiger charge is 2.17. The molecule has 0 aromatic rings. The largest absolute Gasteiger partial charge is 0.382 e. The van der Waals surface area contributed by atoms with E-state index in [-0.39, 0.29) is 5.91 Å². The minimum absolute atomic E-state index is 0.00441. The fraction of sp³-hybridized carbons (Fsp3) is 0.818. The summed E-state index contributed by atoms with van der Waals surface area (Å²) in [4.78, 5) is 17.7. The normalized spacial score (nSPS) is 17.3. The van der Waals surface area contributed by atoms with Gasteiger partial charge in [0, 0.05) is 32.8 Å². The summed E-state index contributed by atoms with van der Waals surface area (Å²) in [7, 11) is 0. The number of rotatable bonds is 5. The van der Waals surface area contributed by atoms with Gasteiger partial charge in [0.2, 0.25) is 11.9 Å². The minimum Gasteiger partial charge on any atom is -0.382 e. The van der Waals surface area contributed by atoms with Crippen molar-refractivity contribution in [3.63, 3.8) is 0 Å². The SMILES string of the molecule is CCOCCCN=C(NN)N1CCCNC(=O)C1. The molecule has 4 N–H and O–H groups in total. The molecule has 7 nitrogen and oxygen atoms in total. The highest BCUT2D eigenvalue weighted by Crippen LogP contribution is 1.97. The molecule has 18 heavy (non-hydrogen) atoms. The minimum atomic E-state index is 0.00441. The fourth-order valence-electron chi connectivity index (χ4n) is 1.72. The third-order valence-electron chi connectivity index (χ3n) is 2.60. The zero-order valence-electron chi connectivity index (χ0n) is 10.9. The van der Waals surface area contributed by atoms with Gasteiger partial charge in [0.1, 0.15) is 0 Å². The van der Waals surface area contributed by atoms with Crippen LogP contribution in [0.3, 0.4) is 0 Å². The van der Waals surface area contributed by atoms with Crippen molar-refractivity contribution in [2.24, 2.45) is 10.8 Å². The van der Waals surface area contributed by atoms with Crippen molar-refractivity contribution in [3.8, 4) is 0 Å². The molecule has 1 rings (SSSR count). The van der Waals surface area contributed by atoms with Gasteiger partial charge in [-0.05, 0) is 19.8 Å². The van der Waals surface area contributed by atoms with Gasteiger partial charge in [-0.1, -0.05) is 0 Å². The number of nitrogens with zero attached hydrogens (tertiary/aromatic N) is 2. The van der Waals surface area contributed by atoms with E-state index in [1.807, 2.05) is 11.8 Å². The molecule has 0 aliphatic carbocycles. The number of hydrazine groups is 1.